The topological polar surface area (TPSA) is 56.7 Å². The highest BCUT2D eigenvalue weighted by Gasteiger charge is 2.05. The molecule has 3 aromatic rings. The highest BCUT2D eigenvalue weighted by molar-refractivity contribution is 7.97. The molecule has 114 valence electrons. The van der Waals surface area contributed by atoms with Crippen molar-refractivity contribution in [3.8, 4) is 5.69 Å². The lowest BCUT2D eigenvalue weighted by Crippen LogP contribution is -1.94. The van der Waals surface area contributed by atoms with Gasteiger partial charge in [0.25, 0.3) is 0 Å². The summed E-state index contributed by atoms with van der Waals surface area (Å²) in [7, 11) is 0. The zero-order valence-electron chi connectivity index (χ0n) is 12.5. The number of aromatic nitrogens is 4. The van der Waals surface area contributed by atoms with Crippen LogP contribution in [0.25, 0.3) is 5.69 Å². The van der Waals surface area contributed by atoms with E-state index < -0.39 is 0 Å². The third-order valence-electron chi connectivity index (χ3n) is 3.18. The van der Waals surface area contributed by atoms with Crippen LogP contribution in [0.2, 0.25) is 0 Å². The monoisotopic (exact) mass is 314 g/mol. The second-order valence-electron chi connectivity index (χ2n) is 4.96. The Bertz CT molecular complexity index is 691. The van der Waals surface area contributed by atoms with Gasteiger partial charge in [-0.15, -0.1) is 11.8 Å². The van der Waals surface area contributed by atoms with Crippen LogP contribution in [0.15, 0.2) is 47.2 Å². The largest absolute Gasteiger partial charge is 0.338 e. The molecule has 0 spiro atoms. The van der Waals surface area contributed by atoms with E-state index in [1.165, 1.54) is 5.56 Å². The van der Waals surface area contributed by atoms with Crippen molar-refractivity contribution in [3.05, 3.63) is 60.0 Å². The summed E-state index contributed by atoms with van der Waals surface area (Å²) in [5.74, 6) is 3.19. The minimum atomic E-state index is 0.710. The minimum absolute atomic E-state index is 0.710. The van der Waals surface area contributed by atoms with Crippen molar-refractivity contribution in [1.29, 1.82) is 0 Å². The summed E-state index contributed by atoms with van der Waals surface area (Å²) in [5, 5.41) is 8.18. The summed E-state index contributed by atoms with van der Waals surface area (Å²) >= 11 is 1.78. The molecule has 0 bridgehead atoms. The van der Waals surface area contributed by atoms with Gasteiger partial charge in [0.1, 0.15) is 0 Å². The van der Waals surface area contributed by atoms with E-state index in [2.05, 4.69) is 46.4 Å². The number of rotatable bonds is 7. The number of hydrogen-bond acceptors (Lipinski definition) is 5. The Morgan fingerprint density at radius 3 is 2.77 bits per heavy atom. The summed E-state index contributed by atoms with van der Waals surface area (Å²) in [4.78, 5) is 4.37. The SMILES string of the molecule is CCCc1noc(CSCc2ccc(-n3cccn3)cc2)n1. The van der Waals surface area contributed by atoms with Gasteiger partial charge in [0.05, 0.1) is 11.4 Å². The normalized spacial score (nSPS) is 11.0. The first-order valence-electron chi connectivity index (χ1n) is 7.33. The van der Waals surface area contributed by atoms with E-state index in [0.717, 1.165) is 35.9 Å². The Morgan fingerprint density at radius 2 is 2.05 bits per heavy atom. The van der Waals surface area contributed by atoms with Gasteiger partial charge in [-0.25, -0.2) is 4.68 Å². The summed E-state index contributed by atoms with van der Waals surface area (Å²) in [6, 6.07) is 10.3. The second-order valence-corrected chi connectivity index (χ2v) is 5.95. The van der Waals surface area contributed by atoms with Crippen LogP contribution in [0.1, 0.15) is 30.6 Å². The Balaban J connectivity index is 1.51. The van der Waals surface area contributed by atoms with Crippen molar-refractivity contribution < 1.29 is 4.52 Å². The third-order valence-corrected chi connectivity index (χ3v) is 4.17. The molecular weight excluding hydrogens is 296 g/mol. The number of hydrogen-bond donors (Lipinski definition) is 0. The molecule has 0 atom stereocenters. The van der Waals surface area contributed by atoms with Crippen LogP contribution >= 0.6 is 11.8 Å². The van der Waals surface area contributed by atoms with Crippen molar-refractivity contribution in [1.82, 2.24) is 19.9 Å². The molecule has 0 aliphatic heterocycles. The Labute approximate surface area is 133 Å². The molecule has 0 N–H and O–H groups in total. The molecule has 22 heavy (non-hydrogen) atoms. The van der Waals surface area contributed by atoms with Gasteiger partial charge in [0, 0.05) is 24.6 Å². The van der Waals surface area contributed by atoms with E-state index in [9.17, 15) is 0 Å². The zero-order chi connectivity index (χ0) is 15.2. The molecule has 0 saturated carbocycles. The van der Waals surface area contributed by atoms with E-state index in [1.807, 2.05) is 16.9 Å². The fourth-order valence-electron chi connectivity index (χ4n) is 2.10. The standard InChI is InChI=1S/C16H18N4OS/c1-2-4-15-18-16(21-19-15)12-22-11-13-5-7-14(8-6-13)20-10-3-9-17-20/h3,5-10H,2,4,11-12H2,1H3. The van der Waals surface area contributed by atoms with Gasteiger partial charge in [-0.05, 0) is 30.2 Å². The average molecular weight is 314 g/mol. The fraction of sp³-hybridized carbons (Fsp3) is 0.312. The molecule has 3 rings (SSSR count). The lowest BCUT2D eigenvalue weighted by molar-refractivity contribution is 0.384. The Kier molecular flexibility index (Phi) is 4.90. The maximum absolute atomic E-state index is 5.23. The van der Waals surface area contributed by atoms with Crippen molar-refractivity contribution >= 4 is 11.8 Å². The molecule has 2 aromatic heterocycles. The Morgan fingerprint density at radius 1 is 1.18 bits per heavy atom. The molecule has 5 nitrogen and oxygen atoms in total. The number of nitrogens with zero attached hydrogens (tertiary/aromatic N) is 4. The number of aryl methyl sites for hydroxylation is 1. The van der Waals surface area contributed by atoms with Crippen molar-refractivity contribution in [2.24, 2.45) is 0 Å². The lowest BCUT2D eigenvalue weighted by atomic mass is 10.2. The van der Waals surface area contributed by atoms with Crippen molar-refractivity contribution in [2.45, 2.75) is 31.3 Å². The molecule has 0 amide bonds. The highest BCUT2D eigenvalue weighted by atomic mass is 32.2. The average Bonchev–Trinajstić information content (AvgIpc) is 3.20. The quantitative estimate of drug-likeness (QED) is 0.666. The number of thioether (sulfide) groups is 1. The Hall–Kier alpha value is -2.08. The van der Waals surface area contributed by atoms with Crippen LogP contribution in [0.4, 0.5) is 0 Å². The van der Waals surface area contributed by atoms with Gasteiger partial charge in [-0.1, -0.05) is 24.2 Å². The first-order chi connectivity index (χ1) is 10.8. The number of benzene rings is 1. The van der Waals surface area contributed by atoms with Gasteiger partial charge < -0.3 is 4.52 Å². The summed E-state index contributed by atoms with van der Waals surface area (Å²) in [6.45, 7) is 2.11. The molecule has 0 fully saturated rings. The van der Waals surface area contributed by atoms with Crippen LogP contribution in [0.5, 0.6) is 0 Å². The van der Waals surface area contributed by atoms with E-state index in [0.29, 0.717) is 5.89 Å². The molecule has 6 heteroatoms. The van der Waals surface area contributed by atoms with Gasteiger partial charge in [0.15, 0.2) is 5.82 Å². The fourth-order valence-corrected chi connectivity index (χ4v) is 2.92. The van der Waals surface area contributed by atoms with Gasteiger partial charge in [0.2, 0.25) is 5.89 Å². The van der Waals surface area contributed by atoms with E-state index in [1.54, 1.807) is 18.0 Å². The van der Waals surface area contributed by atoms with Crippen LogP contribution in [-0.2, 0) is 17.9 Å². The first kappa shape index (κ1) is 14.8. The predicted molar refractivity (Wildman–Crippen MR) is 86.9 cm³/mol. The van der Waals surface area contributed by atoms with Crippen LogP contribution in [-0.4, -0.2) is 19.9 Å². The van der Waals surface area contributed by atoms with Crippen molar-refractivity contribution in [3.63, 3.8) is 0 Å². The van der Waals surface area contributed by atoms with Crippen LogP contribution < -0.4 is 0 Å². The predicted octanol–water partition coefficient (Wildman–Crippen LogP) is 3.64. The van der Waals surface area contributed by atoms with Crippen LogP contribution in [0.3, 0.4) is 0 Å². The summed E-state index contributed by atoms with van der Waals surface area (Å²) in [5.41, 5.74) is 2.34. The molecule has 0 radical (unpaired) electrons. The molecule has 0 saturated heterocycles. The van der Waals surface area contributed by atoms with Crippen molar-refractivity contribution in [2.75, 3.05) is 0 Å². The van der Waals surface area contributed by atoms with Gasteiger partial charge in [-0.3, -0.25) is 0 Å². The molecule has 1 aromatic carbocycles. The van der Waals surface area contributed by atoms with E-state index in [-0.39, 0.29) is 0 Å². The molecule has 0 unspecified atom stereocenters. The molecule has 0 aliphatic rings. The highest BCUT2D eigenvalue weighted by Crippen LogP contribution is 2.18. The first-order valence-corrected chi connectivity index (χ1v) is 8.49. The third kappa shape index (κ3) is 3.76. The van der Waals surface area contributed by atoms with Gasteiger partial charge >= 0.3 is 0 Å². The smallest absolute Gasteiger partial charge is 0.236 e. The molecule has 2 heterocycles. The summed E-state index contributed by atoms with van der Waals surface area (Å²) < 4.78 is 7.08. The van der Waals surface area contributed by atoms with Gasteiger partial charge in [-0.2, -0.15) is 10.1 Å². The molecule has 0 aliphatic carbocycles. The van der Waals surface area contributed by atoms with E-state index in [4.69, 9.17) is 4.52 Å². The van der Waals surface area contributed by atoms with Crippen LogP contribution in [0, 0.1) is 0 Å². The summed E-state index contributed by atoms with van der Waals surface area (Å²) in [6.07, 6.45) is 5.63. The minimum Gasteiger partial charge on any atom is -0.338 e. The maximum atomic E-state index is 5.23. The van der Waals surface area contributed by atoms with E-state index >= 15 is 0 Å². The molecular formula is C16H18N4OS. The second kappa shape index (κ2) is 7.26. The maximum Gasteiger partial charge on any atom is 0.236 e. The zero-order valence-corrected chi connectivity index (χ0v) is 13.3. The lowest BCUT2D eigenvalue weighted by Gasteiger charge is -2.03.